The third-order valence-corrected chi connectivity index (χ3v) is 0.903. The molecule has 0 saturated heterocycles. The third-order valence-electron chi connectivity index (χ3n) is 0.903. The molecule has 1 N–H and O–H groups in total. The van der Waals surface area contributed by atoms with E-state index in [4.69, 9.17) is 0 Å². The van der Waals surface area contributed by atoms with E-state index in [0.29, 0.717) is 12.8 Å². The van der Waals surface area contributed by atoms with E-state index in [-0.39, 0.29) is 11.8 Å². The summed E-state index contributed by atoms with van der Waals surface area (Å²) in [5, 5.41) is 2.34. The maximum Gasteiger partial charge on any atom is 0.207 e. The second kappa shape index (κ2) is 1.33. The molecule has 1 amide bonds. The molecule has 1 saturated carbocycles. The van der Waals surface area contributed by atoms with Gasteiger partial charge in [-0.25, -0.2) is 0 Å². The summed E-state index contributed by atoms with van der Waals surface area (Å²) >= 11 is 0. The summed E-state index contributed by atoms with van der Waals surface area (Å²) in [4.78, 5) is 19.6. The number of hydrogen-bond acceptors (Lipinski definition) is 2. The maximum absolute atomic E-state index is 10.1. The predicted octanol–water partition coefficient (Wildman–Crippen LogP) is -0.926. The molecule has 0 radical (unpaired) electrons. The Kier molecular flexibility index (Phi) is 0.817. The first-order valence-electron chi connectivity index (χ1n) is 2.07. The van der Waals surface area contributed by atoms with Crippen molar-refractivity contribution in [1.82, 2.24) is 5.32 Å². The van der Waals surface area contributed by atoms with Crippen LogP contribution in [0.1, 0.15) is 6.42 Å². The van der Waals surface area contributed by atoms with E-state index < -0.39 is 0 Å². The van der Waals surface area contributed by atoms with Crippen molar-refractivity contribution >= 4 is 12.2 Å². The van der Waals surface area contributed by atoms with Gasteiger partial charge in [0.2, 0.25) is 6.41 Å². The zero-order valence-electron chi connectivity index (χ0n) is 3.68. The number of carbonyl (C=O) groups is 2. The monoisotopic (exact) mass is 99.0 g/mol. The van der Waals surface area contributed by atoms with Gasteiger partial charge in [0.1, 0.15) is 0 Å². The molecule has 38 valence electrons. The first-order chi connectivity index (χ1) is 3.34. The van der Waals surface area contributed by atoms with Crippen LogP contribution < -0.4 is 5.32 Å². The number of ketones is 1. The number of hydrogen-bond donors (Lipinski definition) is 1. The van der Waals surface area contributed by atoms with Crippen LogP contribution in [-0.2, 0) is 9.59 Å². The molecule has 7 heavy (non-hydrogen) atoms. The largest absolute Gasteiger partial charge is 0.348 e. The normalized spacial score (nSPS) is 26.9. The van der Waals surface area contributed by atoms with Crippen LogP contribution in [0.15, 0.2) is 0 Å². The summed E-state index contributed by atoms with van der Waals surface area (Å²) in [5.41, 5.74) is 0. The van der Waals surface area contributed by atoms with Crippen molar-refractivity contribution in [2.24, 2.45) is 0 Å². The Morgan fingerprint density at radius 3 is 2.57 bits per heavy atom. The summed E-state index contributed by atoms with van der Waals surface area (Å²) in [6.07, 6.45) is 1.08. The molecule has 0 bridgehead atoms. The second-order valence-electron chi connectivity index (χ2n) is 1.51. The Bertz CT molecular complexity index is 110. The minimum atomic E-state index is -0.141. The van der Waals surface area contributed by atoms with E-state index in [0.717, 1.165) is 0 Å². The van der Waals surface area contributed by atoms with Gasteiger partial charge < -0.3 is 5.32 Å². The van der Waals surface area contributed by atoms with Gasteiger partial charge in [-0.05, 0) is 0 Å². The van der Waals surface area contributed by atoms with Gasteiger partial charge >= 0.3 is 0 Å². The van der Waals surface area contributed by atoms with Crippen molar-refractivity contribution in [1.29, 1.82) is 0 Å². The highest BCUT2D eigenvalue weighted by Crippen LogP contribution is 2.11. The van der Waals surface area contributed by atoms with Crippen LogP contribution in [0.4, 0.5) is 0 Å². The lowest BCUT2D eigenvalue weighted by Gasteiger charge is -1.80. The first-order valence-corrected chi connectivity index (χ1v) is 2.07. The molecule has 3 heteroatoms. The fourth-order valence-electron chi connectivity index (χ4n) is 0.376. The van der Waals surface area contributed by atoms with Crippen LogP contribution >= 0.6 is 0 Å². The lowest BCUT2D eigenvalue weighted by atomic mass is 10.7. The van der Waals surface area contributed by atoms with Crippen molar-refractivity contribution in [2.75, 3.05) is 0 Å². The molecule has 0 aromatic carbocycles. The van der Waals surface area contributed by atoms with E-state index in [9.17, 15) is 9.59 Å². The highest BCUT2D eigenvalue weighted by molar-refractivity contribution is 6.01. The van der Waals surface area contributed by atoms with Gasteiger partial charge in [0, 0.05) is 6.42 Å². The van der Waals surface area contributed by atoms with Crippen LogP contribution in [0.3, 0.4) is 0 Å². The molecule has 1 aliphatic rings. The standard InChI is InChI=1S/C4H5NO2/c6-2-5-3-1-4(3)7/h2-3H,1H2,(H,5,6). The fraction of sp³-hybridized carbons (Fsp3) is 0.500. The Labute approximate surface area is 40.7 Å². The third kappa shape index (κ3) is 0.765. The zero-order valence-corrected chi connectivity index (χ0v) is 3.68. The maximum atomic E-state index is 10.1. The van der Waals surface area contributed by atoms with Crippen molar-refractivity contribution in [3.63, 3.8) is 0 Å². The number of Topliss-reactive ketones (excluding diaryl/α,β-unsaturated/α-hetero) is 1. The van der Waals surface area contributed by atoms with Gasteiger partial charge in [-0.1, -0.05) is 0 Å². The average Bonchev–Trinajstić information content (AvgIpc) is 2.22. The molecule has 1 atom stereocenters. The number of carbonyl (C=O) groups excluding carboxylic acids is 2. The second-order valence-corrected chi connectivity index (χ2v) is 1.51. The van der Waals surface area contributed by atoms with Crippen LogP contribution in [0.2, 0.25) is 0 Å². The minimum absolute atomic E-state index is 0.132. The van der Waals surface area contributed by atoms with Crippen LogP contribution in [-0.4, -0.2) is 18.2 Å². The van der Waals surface area contributed by atoms with Crippen LogP contribution in [0, 0.1) is 0 Å². The molecular weight excluding hydrogens is 94.0 g/mol. The highest BCUT2D eigenvalue weighted by atomic mass is 16.2. The van der Waals surface area contributed by atoms with Gasteiger partial charge in [0.05, 0.1) is 6.04 Å². The number of amides is 1. The summed E-state index contributed by atoms with van der Waals surface area (Å²) in [6.45, 7) is 0. The lowest BCUT2D eigenvalue weighted by Crippen LogP contribution is -2.14. The van der Waals surface area contributed by atoms with Crippen LogP contribution in [0.25, 0.3) is 0 Å². The van der Waals surface area contributed by atoms with E-state index in [1.807, 2.05) is 0 Å². The highest BCUT2D eigenvalue weighted by Gasteiger charge is 2.33. The Balaban J connectivity index is 2.20. The van der Waals surface area contributed by atoms with Gasteiger partial charge in [-0.3, -0.25) is 9.59 Å². The van der Waals surface area contributed by atoms with Crippen molar-refractivity contribution < 1.29 is 9.59 Å². The van der Waals surface area contributed by atoms with Crippen molar-refractivity contribution in [3.05, 3.63) is 0 Å². The Morgan fingerprint density at radius 1 is 1.86 bits per heavy atom. The van der Waals surface area contributed by atoms with E-state index in [2.05, 4.69) is 5.32 Å². The van der Waals surface area contributed by atoms with Gasteiger partial charge in [0.15, 0.2) is 5.78 Å². The molecule has 0 aromatic heterocycles. The lowest BCUT2D eigenvalue weighted by molar-refractivity contribution is -0.113. The number of nitrogens with one attached hydrogen (secondary N) is 1. The molecule has 0 heterocycles. The molecule has 1 rings (SSSR count). The van der Waals surface area contributed by atoms with Crippen LogP contribution in [0.5, 0.6) is 0 Å². The molecular formula is C4H5NO2. The molecule has 1 aliphatic carbocycles. The first kappa shape index (κ1) is 4.30. The Morgan fingerprint density at radius 2 is 2.43 bits per heavy atom. The van der Waals surface area contributed by atoms with E-state index in [1.54, 1.807) is 0 Å². The fourth-order valence-corrected chi connectivity index (χ4v) is 0.376. The van der Waals surface area contributed by atoms with Crippen molar-refractivity contribution in [2.45, 2.75) is 12.5 Å². The molecule has 0 aromatic rings. The molecule has 0 spiro atoms. The summed E-state index contributed by atoms with van der Waals surface area (Å²) < 4.78 is 0. The van der Waals surface area contributed by atoms with E-state index in [1.165, 1.54) is 0 Å². The van der Waals surface area contributed by atoms with E-state index >= 15 is 0 Å². The van der Waals surface area contributed by atoms with Gasteiger partial charge in [-0.15, -0.1) is 0 Å². The average molecular weight is 99.1 g/mol. The topological polar surface area (TPSA) is 46.2 Å². The summed E-state index contributed by atoms with van der Waals surface area (Å²) in [6, 6.07) is -0.141. The molecule has 1 unspecified atom stereocenters. The van der Waals surface area contributed by atoms with Crippen molar-refractivity contribution in [3.8, 4) is 0 Å². The Hall–Kier alpha value is -0.860. The molecule has 1 fully saturated rings. The van der Waals surface area contributed by atoms with Gasteiger partial charge in [-0.2, -0.15) is 0 Å². The SMILES string of the molecule is O=CNC1CC1=O. The summed E-state index contributed by atoms with van der Waals surface area (Å²) in [7, 11) is 0. The smallest absolute Gasteiger partial charge is 0.207 e. The molecule has 3 nitrogen and oxygen atoms in total. The van der Waals surface area contributed by atoms with Gasteiger partial charge in [0.25, 0.3) is 0 Å². The minimum Gasteiger partial charge on any atom is -0.348 e. The number of rotatable bonds is 2. The summed E-state index contributed by atoms with van der Waals surface area (Å²) in [5.74, 6) is 0.132. The quantitative estimate of drug-likeness (QED) is 0.455. The predicted molar refractivity (Wildman–Crippen MR) is 22.6 cm³/mol. The zero-order chi connectivity index (χ0) is 5.28. The molecule has 0 aliphatic heterocycles.